The Balaban J connectivity index is 1.62. The second-order valence-corrected chi connectivity index (χ2v) is 9.61. The third-order valence-corrected chi connectivity index (χ3v) is 6.58. The number of ether oxygens (including phenoxy) is 1. The van der Waals surface area contributed by atoms with Gasteiger partial charge in [-0.15, -0.1) is 0 Å². The molecule has 0 bridgehead atoms. The Labute approximate surface area is 200 Å². The average molecular weight is 442 g/mol. The van der Waals surface area contributed by atoms with Gasteiger partial charge in [0.25, 0.3) is 0 Å². The zero-order valence-corrected chi connectivity index (χ0v) is 19.8. The summed E-state index contributed by atoms with van der Waals surface area (Å²) in [6.07, 6.45) is 1.01. The molecule has 2 nitrogen and oxygen atoms in total. The minimum absolute atomic E-state index is 0.557. The van der Waals surface area contributed by atoms with Crippen LogP contribution in [-0.2, 0) is 6.42 Å². The fraction of sp³-hybridized carbons (Fsp3) is 0.156. The average Bonchev–Trinajstić information content (AvgIpc) is 2.98. The summed E-state index contributed by atoms with van der Waals surface area (Å²) in [6, 6.07) is 32.1. The molecule has 0 radical (unpaired) electrons. The highest BCUT2D eigenvalue weighted by Crippen LogP contribution is 2.49. The molecule has 0 unspecified atom stereocenters. The van der Waals surface area contributed by atoms with E-state index in [0.717, 1.165) is 45.8 Å². The van der Waals surface area contributed by atoms with Crippen molar-refractivity contribution < 1.29 is 4.74 Å². The maximum absolute atomic E-state index is 6.68. The number of hydrogen-bond donors (Lipinski definition) is 0. The Hall–Kier alpha value is -3.91. The molecule has 0 aliphatic carbocycles. The van der Waals surface area contributed by atoms with Gasteiger partial charge in [0.2, 0.25) is 0 Å². The first-order chi connectivity index (χ1) is 16.6. The van der Waals surface area contributed by atoms with Crippen molar-refractivity contribution in [2.45, 2.75) is 27.2 Å². The Morgan fingerprint density at radius 2 is 1.38 bits per heavy atom. The van der Waals surface area contributed by atoms with Gasteiger partial charge < -0.3 is 4.74 Å². The second kappa shape index (κ2) is 8.14. The lowest BCUT2D eigenvalue weighted by Crippen LogP contribution is -1.99. The number of fused-ring (bicyclic) bond motifs is 6. The van der Waals surface area contributed by atoms with Crippen molar-refractivity contribution in [1.82, 2.24) is 4.98 Å². The van der Waals surface area contributed by atoms with E-state index in [1.165, 1.54) is 27.6 Å². The van der Waals surface area contributed by atoms with Crippen LogP contribution >= 0.6 is 0 Å². The van der Waals surface area contributed by atoms with E-state index in [1.807, 2.05) is 6.07 Å². The van der Waals surface area contributed by atoms with Crippen LogP contribution in [0, 0.1) is 12.8 Å². The number of aryl methyl sites for hydroxylation is 1. The lowest BCUT2D eigenvalue weighted by molar-refractivity contribution is 0.489. The van der Waals surface area contributed by atoms with E-state index in [1.54, 1.807) is 0 Å². The molecule has 0 spiro atoms. The minimum Gasteiger partial charge on any atom is -0.455 e. The monoisotopic (exact) mass is 441 g/mol. The SMILES string of the molecule is Cc1ccc2nc(-c3cccc4c3Oc3ccccc3-c3ccccc3-4)cc(CC(C)C)c2c1. The van der Waals surface area contributed by atoms with E-state index >= 15 is 0 Å². The van der Waals surface area contributed by atoms with Gasteiger partial charge in [-0.05, 0) is 66.3 Å². The zero-order valence-electron chi connectivity index (χ0n) is 19.8. The fourth-order valence-electron chi connectivity index (χ4n) is 5.06. The van der Waals surface area contributed by atoms with Crippen molar-refractivity contribution in [2.24, 2.45) is 5.92 Å². The van der Waals surface area contributed by atoms with Crippen LogP contribution in [0.25, 0.3) is 44.4 Å². The largest absolute Gasteiger partial charge is 0.455 e. The van der Waals surface area contributed by atoms with Crippen LogP contribution in [0.3, 0.4) is 0 Å². The third-order valence-electron chi connectivity index (χ3n) is 6.58. The lowest BCUT2D eigenvalue weighted by atomic mass is 9.92. The molecule has 34 heavy (non-hydrogen) atoms. The van der Waals surface area contributed by atoms with Gasteiger partial charge in [0.1, 0.15) is 11.5 Å². The molecule has 1 aromatic heterocycles. The highest BCUT2D eigenvalue weighted by Gasteiger charge is 2.23. The summed E-state index contributed by atoms with van der Waals surface area (Å²) >= 11 is 0. The lowest BCUT2D eigenvalue weighted by Gasteiger charge is -2.16. The molecule has 5 aromatic rings. The van der Waals surface area contributed by atoms with Crippen LogP contribution in [0.15, 0.2) is 91.0 Å². The second-order valence-electron chi connectivity index (χ2n) is 9.61. The molecular formula is C32H27NO. The van der Waals surface area contributed by atoms with E-state index < -0.39 is 0 Å². The maximum Gasteiger partial charge on any atom is 0.144 e. The smallest absolute Gasteiger partial charge is 0.144 e. The summed E-state index contributed by atoms with van der Waals surface area (Å²) in [6.45, 7) is 6.69. The molecule has 0 N–H and O–H groups in total. The number of para-hydroxylation sites is 2. The highest BCUT2D eigenvalue weighted by atomic mass is 16.5. The van der Waals surface area contributed by atoms with E-state index in [0.29, 0.717) is 5.92 Å². The zero-order chi connectivity index (χ0) is 23.2. The molecule has 1 aliphatic rings. The van der Waals surface area contributed by atoms with Gasteiger partial charge in [0, 0.05) is 22.1 Å². The van der Waals surface area contributed by atoms with E-state index in [4.69, 9.17) is 9.72 Å². The quantitative estimate of drug-likeness (QED) is 0.274. The topological polar surface area (TPSA) is 22.1 Å². The Morgan fingerprint density at radius 1 is 0.706 bits per heavy atom. The van der Waals surface area contributed by atoms with Gasteiger partial charge in [0.15, 0.2) is 0 Å². The molecule has 0 amide bonds. The van der Waals surface area contributed by atoms with Crippen molar-refractivity contribution in [2.75, 3.05) is 0 Å². The van der Waals surface area contributed by atoms with E-state index in [2.05, 4.69) is 106 Å². The van der Waals surface area contributed by atoms with Gasteiger partial charge in [-0.3, -0.25) is 0 Å². The number of rotatable bonds is 3. The molecular weight excluding hydrogens is 414 g/mol. The first-order valence-corrected chi connectivity index (χ1v) is 12.0. The minimum atomic E-state index is 0.557. The number of aromatic nitrogens is 1. The molecule has 1 aliphatic heterocycles. The van der Waals surface area contributed by atoms with E-state index in [-0.39, 0.29) is 0 Å². The fourth-order valence-corrected chi connectivity index (χ4v) is 5.06. The molecule has 166 valence electrons. The summed E-state index contributed by atoms with van der Waals surface area (Å²) in [5.74, 6) is 2.30. The Morgan fingerprint density at radius 3 is 2.18 bits per heavy atom. The van der Waals surface area contributed by atoms with E-state index in [9.17, 15) is 0 Å². The van der Waals surface area contributed by atoms with Crippen LogP contribution < -0.4 is 4.74 Å². The van der Waals surface area contributed by atoms with Crippen molar-refractivity contribution in [3.63, 3.8) is 0 Å². The van der Waals surface area contributed by atoms with Gasteiger partial charge in [-0.1, -0.05) is 80.1 Å². The molecule has 2 heterocycles. The van der Waals surface area contributed by atoms with Crippen LogP contribution in [-0.4, -0.2) is 4.98 Å². The van der Waals surface area contributed by atoms with Crippen molar-refractivity contribution in [1.29, 1.82) is 0 Å². The predicted octanol–water partition coefficient (Wildman–Crippen LogP) is 8.85. The summed E-state index contributed by atoms with van der Waals surface area (Å²) in [5.41, 5.74) is 10.2. The van der Waals surface area contributed by atoms with Crippen LogP contribution in [0.5, 0.6) is 11.5 Å². The van der Waals surface area contributed by atoms with Gasteiger partial charge in [-0.2, -0.15) is 0 Å². The van der Waals surface area contributed by atoms with Crippen LogP contribution in [0.1, 0.15) is 25.0 Å². The molecule has 0 saturated heterocycles. The summed E-state index contributed by atoms with van der Waals surface area (Å²) in [5, 5.41) is 1.25. The van der Waals surface area contributed by atoms with Gasteiger partial charge >= 0.3 is 0 Å². The molecule has 4 aromatic carbocycles. The van der Waals surface area contributed by atoms with Crippen LogP contribution in [0.2, 0.25) is 0 Å². The first kappa shape index (κ1) is 20.7. The molecule has 0 atom stereocenters. The Kier molecular flexibility index (Phi) is 4.95. The number of nitrogens with zero attached hydrogens (tertiary/aromatic N) is 1. The Bertz CT molecular complexity index is 1550. The van der Waals surface area contributed by atoms with Gasteiger partial charge in [-0.25, -0.2) is 4.98 Å². The number of benzene rings is 4. The van der Waals surface area contributed by atoms with Crippen LogP contribution in [0.4, 0.5) is 0 Å². The molecule has 0 saturated carbocycles. The number of pyridine rings is 1. The van der Waals surface area contributed by atoms with Crippen molar-refractivity contribution in [3.8, 4) is 45.0 Å². The highest BCUT2D eigenvalue weighted by molar-refractivity contribution is 5.94. The normalized spacial score (nSPS) is 12.0. The number of hydrogen-bond acceptors (Lipinski definition) is 2. The van der Waals surface area contributed by atoms with Crippen molar-refractivity contribution in [3.05, 3.63) is 102 Å². The summed E-state index contributed by atoms with van der Waals surface area (Å²) in [7, 11) is 0. The summed E-state index contributed by atoms with van der Waals surface area (Å²) < 4.78 is 6.68. The standard InChI is InChI=1S/C32H27NO/c1-20(2)17-22-19-30(33-29-16-15-21(3)18-28(22)29)27-13-8-12-26-24-10-5-4-9-23(24)25-11-6-7-14-31(25)34-32(26)27/h4-16,18-20H,17H2,1-3H3. The molecule has 2 heteroatoms. The summed E-state index contributed by atoms with van der Waals surface area (Å²) in [4.78, 5) is 5.13. The van der Waals surface area contributed by atoms with Crippen molar-refractivity contribution >= 4 is 10.9 Å². The molecule has 0 fully saturated rings. The maximum atomic E-state index is 6.68. The van der Waals surface area contributed by atoms with Gasteiger partial charge in [0.05, 0.1) is 11.2 Å². The molecule has 6 rings (SSSR count). The predicted molar refractivity (Wildman–Crippen MR) is 141 cm³/mol. The third kappa shape index (κ3) is 3.47. The first-order valence-electron chi connectivity index (χ1n) is 12.0.